The molecule has 1 aliphatic rings. The summed E-state index contributed by atoms with van der Waals surface area (Å²) in [5.41, 5.74) is 0.867. The smallest absolute Gasteiger partial charge is 0.244 e. The number of aliphatic hydroxyl groups is 1. The second kappa shape index (κ2) is 7.96. The zero-order valence-electron chi connectivity index (χ0n) is 14.3. The minimum atomic E-state index is -0.606. The first-order chi connectivity index (χ1) is 13.2. The Morgan fingerprint density at radius 1 is 1.19 bits per heavy atom. The number of aliphatic hydroxyl groups excluding tert-OH is 1. The minimum Gasteiger partial charge on any atom is -0.454 e. The third kappa shape index (κ3) is 4.21. The van der Waals surface area contributed by atoms with Gasteiger partial charge in [-0.25, -0.2) is 0 Å². The van der Waals surface area contributed by atoms with Crippen LogP contribution < -0.4 is 14.8 Å². The first-order valence-corrected chi connectivity index (χ1v) is 10.0. The Bertz CT molecular complexity index is 962. The number of hydrogen-bond acceptors (Lipinski definition) is 6. The molecule has 0 saturated carbocycles. The molecule has 2 N–H and O–H groups in total. The second-order valence-corrected chi connectivity index (χ2v) is 8.07. The normalized spacial score (nSPS) is 13.8. The molecule has 0 bridgehead atoms. The Morgan fingerprint density at radius 3 is 2.93 bits per heavy atom. The van der Waals surface area contributed by atoms with Crippen LogP contribution in [0.15, 0.2) is 53.9 Å². The van der Waals surface area contributed by atoms with Crippen molar-refractivity contribution in [2.24, 2.45) is 0 Å². The van der Waals surface area contributed by atoms with Crippen molar-refractivity contribution in [3.63, 3.8) is 0 Å². The molecule has 3 heterocycles. The summed E-state index contributed by atoms with van der Waals surface area (Å²) in [6.07, 6.45) is 2.62. The second-order valence-electron chi connectivity index (χ2n) is 5.89. The molecule has 5 nitrogen and oxygen atoms in total. The van der Waals surface area contributed by atoms with E-state index < -0.39 is 6.10 Å². The van der Waals surface area contributed by atoms with E-state index in [-0.39, 0.29) is 12.7 Å². The predicted molar refractivity (Wildman–Crippen MR) is 106 cm³/mol. The van der Waals surface area contributed by atoms with Gasteiger partial charge < -0.3 is 19.9 Å². The Morgan fingerprint density at radius 2 is 2.07 bits per heavy atom. The van der Waals surface area contributed by atoms with Gasteiger partial charge >= 0.3 is 0 Å². The molecule has 0 saturated heterocycles. The van der Waals surface area contributed by atoms with Crippen molar-refractivity contribution in [3.8, 4) is 11.5 Å². The molecule has 0 fully saturated rings. The van der Waals surface area contributed by atoms with Gasteiger partial charge in [-0.3, -0.25) is 4.79 Å². The maximum Gasteiger partial charge on any atom is 0.244 e. The lowest BCUT2D eigenvalue weighted by Gasteiger charge is -2.05. The van der Waals surface area contributed by atoms with Crippen molar-refractivity contribution in [2.75, 3.05) is 6.79 Å². The van der Waals surface area contributed by atoms with Gasteiger partial charge in [-0.2, -0.15) is 0 Å². The predicted octanol–water partition coefficient (Wildman–Crippen LogP) is 3.95. The summed E-state index contributed by atoms with van der Waals surface area (Å²) >= 11 is 3.02. The Labute approximate surface area is 164 Å². The van der Waals surface area contributed by atoms with Crippen LogP contribution in [-0.4, -0.2) is 17.8 Å². The number of ether oxygens (including phenoxy) is 2. The quantitative estimate of drug-likeness (QED) is 0.616. The van der Waals surface area contributed by atoms with Crippen LogP contribution in [0.5, 0.6) is 11.5 Å². The van der Waals surface area contributed by atoms with E-state index in [0.29, 0.717) is 12.3 Å². The summed E-state index contributed by atoms with van der Waals surface area (Å²) in [6, 6.07) is 13.2. The molecule has 1 atom stereocenters. The molecular formula is C20H17NO4S2. The van der Waals surface area contributed by atoms with Crippen LogP contribution in [0.3, 0.4) is 0 Å². The molecule has 3 aromatic rings. The summed E-state index contributed by atoms with van der Waals surface area (Å²) in [4.78, 5) is 14.8. The van der Waals surface area contributed by atoms with Crippen LogP contribution in [0.25, 0.3) is 6.08 Å². The standard InChI is InChI=1S/C20H17NO4S2/c22-19(8-4-13-3-6-15-16(10-13)25-12-24-15)21-11-14-5-7-18(27-14)20(23)17-2-1-9-26-17/h1-10,20,23H,11-12H2,(H,21,22)/b8-4+. The maximum absolute atomic E-state index is 12.1. The van der Waals surface area contributed by atoms with Crippen molar-refractivity contribution in [3.05, 3.63) is 74.1 Å². The van der Waals surface area contributed by atoms with Crippen LogP contribution in [-0.2, 0) is 11.3 Å². The molecule has 7 heteroatoms. The largest absolute Gasteiger partial charge is 0.454 e. The highest BCUT2D eigenvalue weighted by molar-refractivity contribution is 7.12. The number of thiophene rings is 2. The molecule has 0 spiro atoms. The lowest BCUT2D eigenvalue weighted by atomic mass is 10.2. The molecule has 1 unspecified atom stereocenters. The third-order valence-corrected chi connectivity index (χ3v) is 6.09. The topological polar surface area (TPSA) is 67.8 Å². The number of hydrogen-bond donors (Lipinski definition) is 2. The molecule has 1 aliphatic heterocycles. The summed E-state index contributed by atoms with van der Waals surface area (Å²) in [5, 5.41) is 15.2. The zero-order valence-corrected chi connectivity index (χ0v) is 15.9. The summed E-state index contributed by atoms with van der Waals surface area (Å²) in [6.45, 7) is 0.652. The summed E-state index contributed by atoms with van der Waals surface area (Å²) < 4.78 is 10.6. The highest BCUT2D eigenvalue weighted by Crippen LogP contribution is 2.33. The van der Waals surface area contributed by atoms with E-state index in [0.717, 1.165) is 25.9 Å². The van der Waals surface area contributed by atoms with E-state index >= 15 is 0 Å². The van der Waals surface area contributed by atoms with Crippen molar-refractivity contribution in [1.82, 2.24) is 5.32 Å². The Hall–Kier alpha value is -2.61. The van der Waals surface area contributed by atoms with Gasteiger partial charge in [0.15, 0.2) is 11.5 Å². The van der Waals surface area contributed by atoms with E-state index in [2.05, 4.69) is 5.32 Å². The first kappa shape index (κ1) is 17.8. The molecule has 138 valence electrons. The average molecular weight is 399 g/mol. The SMILES string of the molecule is O=C(/C=C/c1ccc2c(c1)OCO2)NCc1ccc(C(O)c2cccs2)s1. The van der Waals surface area contributed by atoms with Gasteiger partial charge in [-0.15, -0.1) is 22.7 Å². The maximum atomic E-state index is 12.1. The number of rotatable bonds is 6. The third-order valence-electron chi connectivity index (χ3n) is 4.03. The van der Waals surface area contributed by atoms with Crippen LogP contribution >= 0.6 is 22.7 Å². The van der Waals surface area contributed by atoms with Gasteiger partial charge in [0, 0.05) is 20.7 Å². The van der Waals surface area contributed by atoms with E-state index in [1.54, 1.807) is 6.08 Å². The van der Waals surface area contributed by atoms with Crippen LogP contribution in [0.4, 0.5) is 0 Å². The molecule has 1 amide bonds. The number of nitrogens with one attached hydrogen (secondary N) is 1. The monoisotopic (exact) mass is 399 g/mol. The van der Waals surface area contributed by atoms with E-state index in [1.807, 2.05) is 47.8 Å². The van der Waals surface area contributed by atoms with Gasteiger partial charge in [-0.1, -0.05) is 12.1 Å². The van der Waals surface area contributed by atoms with E-state index in [1.165, 1.54) is 28.7 Å². The molecule has 4 rings (SSSR count). The fraction of sp³-hybridized carbons (Fsp3) is 0.150. The molecule has 27 heavy (non-hydrogen) atoms. The van der Waals surface area contributed by atoms with Crippen molar-refractivity contribution >= 4 is 34.7 Å². The lowest BCUT2D eigenvalue weighted by molar-refractivity contribution is -0.116. The molecule has 0 aliphatic carbocycles. The number of carbonyl (C=O) groups is 1. The highest BCUT2D eigenvalue weighted by Gasteiger charge is 2.14. The van der Waals surface area contributed by atoms with Gasteiger partial charge in [-0.05, 0) is 47.4 Å². The van der Waals surface area contributed by atoms with Crippen molar-refractivity contribution in [2.45, 2.75) is 12.6 Å². The molecule has 0 radical (unpaired) electrons. The van der Waals surface area contributed by atoms with Crippen molar-refractivity contribution in [1.29, 1.82) is 0 Å². The number of fused-ring (bicyclic) bond motifs is 1. The fourth-order valence-corrected chi connectivity index (χ4v) is 4.41. The zero-order chi connectivity index (χ0) is 18.6. The molecular weight excluding hydrogens is 382 g/mol. The minimum absolute atomic E-state index is 0.179. The number of benzene rings is 1. The van der Waals surface area contributed by atoms with Crippen LogP contribution in [0, 0.1) is 0 Å². The molecule has 1 aromatic carbocycles. The average Bonchev–Trinajstić information content (AvgIpc) is 3.45. The Kier molecular flexibility index (Phi) is 5.24. The fourth-order valence-electron chi connectivity index (χ4n) is 2.65. The van der Waals surface area contributed by atoms with Gasteiger partial charge in [0.1, 0.15) is 6.10 Å². The van der Waals surface area contributed by atoms with E-state index in [4.69, 9.17) is 9.47 Å². The summed E-state index contributed by atoms with van der Waals surface area (Å²) in [7, 11) is 0. The number of amides is 1. The van der Waals surface area contributed by atoms with Gasteiger partial charge in [0.05, 0.1) is 6.54 Å². The van der Waals surface area contributed by atoms with Crippen LogP contribution in [0.1, 0.15) is 26.3 Å². The van der Waals surface area contributed by atoms with Gasteiger partial charge in [0.25, 0.3) is 0 Å². The summed E-state index contributed by atoms with van der Waals surface area (Å²) in [5.74, 6) is 1.23. The molecule has 2 aromatic heterocycles. The number of carbonyl (C=O) groups excluding carboxylic acids is 1. The lowest BCUT2D eigenvalue weighted by Crippen LogP contribution is -2.19. The highest BCUT2D eigenvalue weighted by atomic mass is 32.1. The van der Waals surface area contributed by atoms with Crippen LogP contribution in [0.2, 0.25) is 0 Å². The first-order valence-electron chi connectivity index (χ1n) is 8.35. The van der Waals surface area contributed by atoms with E-state index in [9.17, 15) is 9.90 Å². The van der Waals surface area contributed by atoms with Crippen molar-refractivity contribution < 1.29 is 19.4 Å². The Balaban J connectivity index is 1.32. The van der Waals surface area contributed by atoms with Gasteiger partial charge in [0.2, 0.25) is 12.7 Å².